The van der Waals surface area contributed by atoms with Crippen molar-refractivity contribution in [3.05, 3.63) is 85.9 Å². The van der Waals surface area contributed by atoms with Crippen molar-refractivity contribution in [3.8, 4) is 33.3 Å². The van der Waals surface area contributed by atoms with E-state index in [2.05, 4.69) is 16.9 Å². The molecule has 4 heterocycles. The van der Waals surface area contributed by atoms with Crippen LogP contribution in [0.5, 0.6) is 5.75 Å². The Hall–Kier alpha value is -3.96. The summed E-state index contributed by atoms with van der Waals surface area (Å²) in [6.45, 7) is 9.29. The van der Waals surface area contributed by atoms with Crippen LogP contribution < -0.4 is 10.3 Å². The number of alkyl halides is 3. The van der Waals surface area contributed by atoms with Gasteiger partial charge >= 0.3 is 6.18 Å². The Labute approximate surface area is 268 Å². The van der Waals surface area contributed by atoms with E-state index in [9.17, 15) is 22.8 Å². The highest BCUT2D eigenvalue weighted by Crippen LogP contribution is 2.34. The number of halogens is 4. The Kier molecular flexibility index (Phi) is 9.50. The molecule has 45 heavy (non-hydrogen) atoms. The van der Waals surface area contributed by atoms with Gasteiger partial charge in [0.2, 0.25) is 0 Å². The van der Waals surface area contributed by atoms with E-state index < -0.39 is 17.4 Å². The maximum atomic E-state index is 14.4. The quantitative estimate of drug-likeness (QED) is 0.200. The molecule has 0 bridgehead atoms. The van der Waals surface area contributed by atoms with Gasteiger partial charge in [0, 0.05) is 36.3 Å². The first-order chi connectivity index (χ1) is 21.4. The zero-order valence-corrected chi connectivity index (χ0v) is 26.8. The van der Waals surface area contributed by atoms with Gasteiger partial charge in [-0.25, -0.2) is 4.98 Å². The number of carbonyl (C=O) groups excluding carboxylic acids is 1. The average Bonchev–Trinajstić information content (AvgIpc) is 3.48. The number of amides is 1. The van der Waals surface area contributed by atoms with E-state index in [1.54, 1.807) is 35.7 Å². The summed E-state index contributed by atoms with van der Waals surface area (Å²) in [7, 11) is 0. The van der Waals surface area contributed by atoms with Gasteiger partial charge in [-0.1, -0.05) is 24.1 Å². The molecule has 0 saturated carbocycles. The predicted octanol–water partition coefficient (Wildman–Crippen LogP) is 8.39. The van der Waals surface area contributed by atoms with Crippen molar-refractivity contribution in [2.45, 2.75) is 46.7 Å². The highest BCUT2D eigenvalue weighted by molar-refractivity contribution is 7.13. The molecule has 1 aromatic carbocycles. The number of thiazole rings is 1. The topological polar surface area (TPSA) is 77.3 Å². The molecule has 0 aliphatic carbocycles. The second-order valence-corrected chi connectivity index (χ2v) is 12.5. The number of hydrogen-bond donors (Lipinski definition) is 0. The third kappa shape index (κ3) is 6.99. The largest absolute Gasteiger partial charge is 0.494 e. The van der Waals surface area contributed by atoms with Gasteiger partial charge in [-0.15, -0.1) is 11.3 Å². The summed E-state index contributed by atoms with van der Waals surface area (Å²) in [6, 6.07) is 8.76. The van der Waals surface area contributed by atoms with Gasteiger partial charge < -0.3 is 9.64 Å². The highest BCUT2D eigenvalue weighted by atomic mass is 35.5. The molecular weight excluding hydrogens is 625 g/mol. The number of rotatable bonds is 7. The number of piperidine rings is 1. The minimum Gasteiger partial charge on any atom is -0.494 e. The molecule has 1 aliphatic rings. The van der Waals surface area contributed by atoms with Crippen molar-refractivity contribution in [1.29, 1.82) is 0 Å². The van der Waals surface area contributed by atoms with Crippen molar-refractivity contribution in [1.82, 2.24) is 19.4 Å². The summed E-state index contributed by atoms with van der Waals surface area (Å²) >= 11 is 7.85. The molecule has 1 aliphatic heterocycles. The molecule has 0 spiro atoms. The van der Waals surface area contributed by atoms with Gasteiger partial charge in [0.05, 0.1) is 39.8 Å². The Balaban J connectivity index is 1.74. The first-order valence-corrected chi connectivity index (χ1v) is 15.8. The molecule has 12 heteroatoms. The zero-order valence-electron chi connectivity index (χ0n) is 25.2. The molecule has 1 fully saturated rings. The fraction of sp³-hybridized carbons (Fsp3) is 0.333. The summed E-state index contributed by atoms with van der Waals surface area (Å²) in [5, 5.41) is 2.22. The van der Waals surface area contributed by atoms with Crippen LogP contribution in [0.3, 0.4) is 0 Å². The standard InChI is InChI=1S/C33H32ClF3N4O3S/c1-5-44-22-9-10-25(34)28(14-22)41-27(13-19(2)3)23(31(42)40-12-6-7-20(4)17-40)15-24(32(41)43)30-39-26(18-45-30)21-8-11-29(38-16-21)33(35,36)37/h8-11,13-16,18,20H,5-7,12,17H2,1-4H3/t20-/m0/s1. The molecule has 0 unspecified atom stereocenters. The Morgan fingerprint density at radius 1 is 1.20 bits per heavy atom. The van der Waals surface area contributed by atoms with Crippen LogP contribution in [0.1, 0.15) is 62.3 Å². The lowest BCUT2D eigenvalue weighted by molar-refractivity contribution is -0.141. The number of pyridine rings is 2. The van der Waals surface area contributed by atoms with E-state index in [1.165, 1.54) is 10.6 Å². The number of nitrogens with zero attached hydrogens (tertiary/aromatic N) is 4. The van der Waals surface area contributed by atoms with Crippen LogP contribution >= 0.6 is 22.9 Å². The molecule has 4 aromatic rings. The molecule has 3 aromatic heterocycles. The minimum atomic E-state index is -4.57. The maximum Gasteiger partial charge on any atom is 0.433 e. The van der Waals surface area contributed by atoms with Crippen LogP contribution in [0.25, 0.3) is 33.6 Å². The summed E-state index contributed by atoms with van der Waals surface area (Å²) in [6.07, 6.45) is 0.214. The van der Waals surface area contributed by atoms with Crippen LogP contribution in [-0.4, -0.2) is 45.0 Å². The van der Waals surface area contributed by atoms with Crippen molar-refractivity contribution < 1.29 is 22.7 Å². The Morgan fingerprint density at radius 2 is 1.98 bits per heavy atom. The van der Waals surface area contributed by atoms with E-state index in [1.807, 2.05) is 25.7 Å². The fourth-order valence-electron chi connectivity index (χ4n) is 5.32. The Morgan fingerprint density at radius 3 is 2.62 bits per heavy atom. The van der Waals surface area contributed by atoms with Crippen LogP contribution in [0.15, 0.2) is 58.3 Å². The second-order valence-electron chi connectivity index (χ2n) is 11.2. The van der Waals surface area contributed by atoms with Crippen LogP contribution in [0, 0.1) is 5.92 Å². The fourth-order valence-corrected chi connectivity index (χ4v) is 6.36. The molecule has 1 amide bonds. The van der Waals surface area contributed by atoms with E-state index in [-0.39, 0.29) is 16.5 Å². The second kappa shape index (κ2) is 13.2. The molecule has 236 valence electrons. The monoisotopic (exact) mass is 656 g/mol. The van der Waals surface area contributed by atoms with Gasteiger partial charge in [0.15, 0.2) is 0 Å². The summed E-state index contributed by atoms with van der Waals surface area (Å²) in [4.78, 5) is 38.6. The lowest BCUT2D eigenvalue weighted by Crippen LogP contribution is -2.40. The van der Waals surface area contributed by atoms with E-state index >= 15 is 0 Å². The summed E-state index contributed by atoms with van der Waals surface area (Å²) in [5.41, 5.74) is 1.28. The average molecular weight is 657 g/mol. The lowest BCUT2D eigenvalue weighted by Gasteiger charge is -2.32. The molecule has 5 rings (SSSR count). The summed E-state index contributed by atoms with van der Waals surface area (Å²) < 4.78 is 46.4. The predicted molar refractivity (Wildman–Crippen MR) is 171 cm³/mol. The number of benzene rings is 1. The van der Waals surface area contributed by atoms with E-state index in [0.717, 1.165) is 42.0 Å². The molecule has 7 nitrogen and oxygen atoms in total. The number of allylic oxidation sites excluding steroid dienone is 1. The van der Waals surface area contributed by atoms with Crippen LogP contribution in [0.2, 0.25) is 5.02 Å². The van der Waals surface area contributed by atoms with Crippen molar-refractivity contribution in [2.75, 3.05) is 19.7 Å². The number of ether oxygens (including phenoxy) is 1. The normalized spacial score (nSPS) is 15.2. The third-order valence-electron chi connectivity index (χ3n) is 7.39. The number of hydrogen-bond acceptors (Lipinski definition) is 6. The third-order valence-corrected chi connectivity index (χ3v) is 8.59. The smallest absolute Gasteiger partial charge is 0.433 e. The zero-order chi connectivity index (χ0) is 32.5. The van der Waals surface area contributed by atoms with Crippen LogP contribution in [-0.2, 0) is 6.18 Å². The van der Waals surface area contributed by atoms with Crippen molar-refractivity contribution in [2.24, 2.45) is 5.92 Å². The van der Waals surface area contributed by atoms with Gasteiger partial charge in [0.1, 0.15) is 16.5 Å². The maximum absolute atomic E-state index is 14.4. The lowest BCUT2D eigenvalue weighted by atomic mass is 9.98. The number of likely N-dealkylation sites (tertiary alicyclic amines) is 1. The number of aromatic nitrogens is 3. The van der Waals surface area contributed by atoms with E-state index in [4.69, 9.17) is 16.3 Å². The van der Waals surface area contributed by atoms with Gasteiger partial charge in [-0.05, 0) is 75.9 Å². The summed E-state index contributed by atoms with van der Waals surface area (Å²) in [5.74, 6) is 0.613. The first-order valence-electron chi connectivity index (χ1n) is 14.5. The van der Waals surface area contributed by atoms with E-state index in [0.29, 0.717) is 64.6 Å². The molecule has 0 radical (unpaired) electrons. The van der Waals surface area contributed by atoms with Gasteiger partial charge in [-0.3, -0.25) is 19.1 Å². The first kappa shape index (κ1) is 32.4. The number of carbonyl (C=O) groups is 1. The van der Waals surface area contributed by atoms with Gasteiger partial charge in [-0.2, -0.15) is 13.2 Å². The Bertz CT molecular complexity index is 1810. The molecular formula is C33H32ClF3N4O3S. The molecule has 0 N–H and O–H groups in total. The van der Waals surface area contributed by atoms with Crippen LogP contribution in [0.4, 0.5) is 13.2 Å². The minimum absolute atomic E-state index is 0.156. The highest BCUT2D eigenvalue weighted by Gasteiger charge is 2.32. The van der Waals surface area contributed by atoms with Gasteiger partial charge in [0.25, 0.3) is 11.5 Å². The molecule has 1 saturated heterocycles. The molecule has 1 atom stereocenters. The SMILES string of the molecule is CCOc1ccc(Cl)c(-n2c(C=C(C)C)c(C(=O)N3CCC[C@H](C)C3)cc(-c3nc(-c4ccc(C(F)(F)F)nc4)cs3)c2=O)c1. The van der Waals surface area contributed by atoms with Crippen molar-refractivity contribution >= 4 is 34.9 Å². The van der Waals surface area contributed by atoms with Crippen molar-refractivity contribution in [3.63, 3.8) is 0 Å².